The first-order chi connectivity index (χ1) is 6.59. The summed E-state index contributed by atoms with van der Waals surface area (Å²) in [6.45, 7) is 6.46. The number of aryl methyl sites for hydroxylation is 2. The maximum absolute atomic E-state index is 5.89. The maximum Gasteiger partial charge on any atom is 0.00448 e. The Labute approximate surface area is 86.3 Å². The molecule has 1 aromatic rings. The Morgan fingerprint density at radius 2 is 2.00 bits per heavy atom. The van der Waals surface area contributed by atoms with Gasteiger partial charge >= 0.3 is 0 Å². The van der Waals surface area contributed by atoms with Crippen LogP contribution in [0.4, 0.5) is 0 Å². The molecule has 2 N–H and O–H groups in total. The molecule has 76 valence electrons. The lowest BCUT2D eigenvalue weighted by molar-refractivity contribution is 0.631. The molecule has 1 saturated carbocycles. The van der Waals surface area contributed by atoms with E-state index in [1.54, 1.807) is 0 Å². The maximum atomic E-state index is 5.89. The first-order valence-corrected chi connectivity index (χ1v) is 5.42. The number of nitrogens with two attached hydrogens (primary N) is 1. The Balaban J connectivity index is 2.16. The third-order valence-corrected chi connectivity index (χ3v) is 3.47. The third-order valence-electron chi connectivity index (χ3n) is 3.47. The van der Waals surface area contributed by atoms with Crippen LogP contribution >= 0.6 is 0 Å². The first kappa shape index (κ1) is 9.72. The standard InChI is InChI=1S/C13H19N/c1-8-4-5-11(6-9(8)2)13-7-12(13)10(3)14/h4-6,10,12-13H,7,14H2,1-3H3/t10-,12+,13-/m1/s1. The van der Waals surface area contributed by atoms with Gasteiger partial charge in [0.1, 0.15) is 0 Å². The molecule has 0 bridgehead atoms. The minimum absolute atomic E-state index is 0.349. The lowest BCUT2D eigenvalue weighted by Gasteiger charge is -2.06. The zero-order valence-electron chi connectivity index (χ0n) is 9.25. The molecule has 0 aromatic heterocycles. The van der Waals surface area contributed by atoms with Crippen molar-refractivity contribution in [3.8, 4) is 0 Å². The quantitative estimate of drug-likeness (QED) is 0.760. The van der Waals surface area contributed by atoms with Gasteiger partial charge < -0.3 is 5.73 Å². The van der Waals surface area contributed by atoms with Gasteiger partial charge in [-0.2, -0.15) is 0 Å². The average Bonchev–Trinajstić information content (AvgIpc) is 2.89. The summed E-state index contributed by atoms with van der Waals surface area (Å²) >= 11 is 0. The minimum Gasteiger partial charge on any atom is -0.328 e. The van der Waals surface area contributed by atoms with E-state index >= 15 is 0 Å². The van der Waals surface area contributed by atoms with E-state index in [9.17, 15) is 0 Å². The second-order valence-corrected chi connectivity index (χ2v) is 4.71. The largest absolute Gasteiger partial charge is 0.328 e. The van der Waals surface area contributed by atoms with Crippen molar-refractivity contribution < 1.29 is 0 Å². The summed E-state index contributed by atoms with van der Waals surface area (Å²) in [6.07, 6.45) is 1.28. The van der Waals surface area contributed by atoms with Gasteiger partial charge in [-0.3, -0.25) is 0 Å². The van der Waals surface area contributed by atoms with E-state index in [4.69, 9.17) is 5.73 Å². The number of hydrogen-bond acceptors (Lipinski definition) is 1. The molecule has 0 saturated heterocycles. The number of benzene rings is 1. The topological polar surface area (TPSA) is 26.0 Å². The SMILES string of the molecule is Cc1ccc([C@H]2C[C@H]2[C@@H](C)N)cc1C. The smallest absolute Gasteiger partial charge is 0.00448 e. The van der Waals surface area contributed by atoms with E-state index in [1.165, 1.54) is 23.1 Å². The van der Waals surface area contributed by atoms with Crippen LogP contribution < -0.4 is 5.73 Å². The van der Waals surface area contributed by atoms with Crippen LogP contribution in [0.3, 0.4) is 0 Å². The molecule has 1 fully saturated rings. The predicted molar refractivity (Wildman–Crippen MR) is 60.4 cm³/mol. The van der Waals surface area contributed by atoms with Crippen LogP contribution in [0.5, 0.6) is 0 Å². The predicted octanol–water partition coefficient (Wildman–Crippen LogP) is 2.75. The minimum atomic E-state index is 0.349. The summed E-state index contributed by atoms with van der Waals surface area (Å²) in [5.41, 5.74) is 10.2. The molecule has 14 heavy (non-hydrogen) atoms. The van der Waals surface area contributed by atoms with Gasteiger partial charge in [-0.1, -0.05) is 18.2 Å². The van der Waals surface area contributed by atoms with E-state index in [2.05, 4.69) is 39.0 Å². The summed E-state index contributed by atoms with van der Waals surface area (Å²) in [5.74, 6) is 1.45. The van der Waals surface area contributed by atoms with E-state index in [1.807, 2.05) is 0 Å². The van der Waals surface area contributed by atoms with Gasteiger partial charge in [-0.15, -0.1) is 0 Å². The van der Waals surface area contributed by atoms with Crippen molar-refractivity contribution in [1.29, 1.82) is 0 Å². The van der Waals surface area contributed by atoms with Gasteiger partial charge in [0, 0.05) is 6.04 Å². The Kier molecular flexibility index (Phi) is 2.36. The highest BCUT2D eigenvalue weighted by Crippen LogP contribution is 2.49. The average molecular weight is 189 g/mol. The van der Waals surface area contributed by atoms with Crippen molar-refractivity contribution >= 4 is 0 Å². The molecule has 3 atom stereocenters. The van der Waals surface area contributed by atoms with Gasteiger partial charge in [0.05, 0.1) is 0 Å². The Hall–Kier alpha value is -0.820. The fraction of sp³-hybridized carbons (Fsp3) is 0.538. The first-order valence-electron chi connectivity index (χ1n) is 5.42. The molecule has 0 amide bonds. The lowest BCUT2D eigenvalue weighted by Crippen LogP contribution is -2.17. The highest BCUT2D eigenvalue weighted by atomic mass is 14.7. The molecule has 1 aromatic carbocycles. The van der Waals surface area contributed by atoms with Crippen molar-refractivity contribution in [1.82, 2.24) is 0 Å². The summed E-state index contributed by atoms with van der Waals surface area (Å²) in [7, 11) is 0. The fourth-order valence-electron chi connectivity index (χ4n) is 2.17. The molecule has 0 heterocycles. The molecule has 0 radical (unpaired) electrons. The lowest BCUT2D eigenvalue weighted by atomic mass is 10.0. The molecule has 1 heteroatoms. The van der Waals surface area contributed by atoms with Crippen LogP contribution in [0, 0.1) is 19.8 Å². The Morgan fingerprint density at radius 1 is 1.29 bits per heavy atom. The van der Waals surface area contributed by atoms with Crippen molar-refractivity contribution in [2.24, 2.45) is 11.7 Å². The van der Waals surface area contributed by atoms with Crippen LogP contribution in [-0.4, -0.2) is 6.04 Å². The van der Waals surface area contributed by atoms with Crippen molar-refractivity contribution in [2.45, 2.75) is 39.2 Å². The third kappa shape index (κ3) is 1.69. The van der Waals surface area contributed by atoms with E-state index < -0.39 is 0 Å². The molecule has 0 unspecified atom stereocenters. The second-order valence-electron chi connectivity index (χ2n) is 4.71. The number of rotatable bonds is 2. The monoisotopic (exact) mass is 189 g/mol. The van der Waals surface area contributed by atoms with Gasteiger partial charge in [0.15, 0.2) is 0 Å². The zero-order valence-corrected chi connectivity index (χ0v) is 9.25. The molecule has 1 aliphatic rings. The van der Waals surface area contributed by atoms with Crippen LogP contribution in [0.1, 0.15) is 36.0 Å². The van der Waals surface area contributed by atoms with Crippen LogP contribution in [-0.2, 0) is 0 Å². The van der Waals surface area contributed by atoms with E-state index in [-0.39, 0.29) is 0 Å². The molecular weight excluding hydrogens is 170 g/mol. The van der Waals surface area contributed by atoms with Gasteiger partial charge in [-0.05, 0) is 55.7 Å². The van der Waals surface area contributed by atoms with Crippen LogP contribution in [0.25, 0.3) is 0 Å². The van der Waals surface area contributed by atoms with Crippen molar-refractivity contribution in [3.63, 3.8) is 0 Å². The van der Waals surface area contributed by atoms with Crippen molar-refractivity contribution in [3.05, 3.63) is 34.9 Å². The van der Waals surface area contributed by atoms with Gasteiger partial charge in [0.2, 0.25) is 0 Å². The molecule has 1 nitrogen and oxygen atoms in total. The van der Waals surface area contributed by atoms with Crippen LogP contribution in [0.2, 0.25) is 0 Å². The summed E-state index contributed by atoms with van der Waals surface area (Å²) < 4.78 is 0. The highest BCUT2D eigenvalue weighted by molar-refractivity contribution is 5.35. The van der Waals surface area contributed by atoms with Crippen molar-refractivity contribution in [2.75, 3.05) is 0 Å². The van der Waals surface area contributed by atoms with Crippen LogP contribution in [0.15, 0.2) is 18.2 Å². The normalized spacial score (nSPS) is 27.4. The molecule has 2 rings (SSSR count). The van der Waals surface area contributed by atoms with E-state index in [0.29, 0.717) is 6.04 Å². The van der Waals surface area contributed by atoms with Gasteiger partial charge in [0.25, 0.3) is 0 Å². The second kappa shape index (κ2) is 3.39. The Morgan fingerprint density at radius 3 is 2.50 bits per heavy atom. The molecule has 0 spiro atoms. The molecule has 1 aliphatic carbocycles. The summed E-state index contributed by atoms with van der Waals surface area (Å²) in [6, 6.07) is 7.15. The molecular formula is C13H19N. The highest BCUT2D eigenvalue weighted by Gasteiger charge is 2.40. The van der Waals surface area contributed by atoms with E-state index in [0.717, 1.165) is 11.8 Å². The zero-order chi connectivity index (χ0) is 10.3. The Bertz CT molecular complexity index is 341. The summed E-state index contributed by atoms with van der Waals surface area (Å²) in [4.78, 5) is 0. The fourth-order valence-corrected chi connectivity index (χ4v) is 2.17. The number of hydrogen-bond donors (Lipinski definition) is 1. The van der Waals surface area contributed by atoms with Gasteiger partial charge in [-0.25, -0.2) is 0 Å². The summed E-state index contributed by atoms with van der Waals surface area (Å²) in [5, 5.41) is 0. The molecule has 0 aliphatic heterocycles.